The highest BCUT2D eigenvalue weighted by Crippen LogP contribution is 2.32. The van der Waals surface area contributed by atoms with Crippen molar-refractivity contribution in [3.63, 3.8) is 0 Å². The molecule has 6 heteroatoms. The third-order valence-electron chi connectivity index (χ3n) is 3.08. The predicted molar refractivity (Wildman–Crippen MR) is 88.1 cm³/mol. The Balaban J connectivity index is 2.22. The molecule has 0 saturated heterocycles. The Labute approximate surface area is 138 Å². The summed E-state index contributed by atoms with van der Waals surface area (Å²) >= 11 is 18.2. The van der Waals surface area contributed by atoms with Crippen LogP contribution in [0, 0.1) is 0 Å². The fourth-order valence-electron chi connectivity index (χ4n) is 2.06. The highest BCUT2D eigenvalue weighted by atomic mass is 35.5. The number of hydrazine groups is 1. The number of hydrogen-bond acceptors (Lipinski definition) is 3. The standard InChI is InChI=1S/C15H15Cl3N2O/c1-9(21-11-5-2-4-10(16)8-11)15(20-19)12-6-3-7-13(17)14(12)18/h2-9,15,20H,19H2,1H3. The molecule has 0 spiro atoms. The van der Waals surface area contributed by atoms with Crippen molar-refractivity contribution in [2.45, 2.75) is 19.1 Å². The van der Waals surface area contributed by atoms with Crippen LogP contribution < -0.4 is 16.0 Å². The third-order valence-corrected chi connectivity index (χ3v) is 4.15. The van der Waals surface area contributed by atoms with E-state index < -0.39 is 0 Å². The molecule has 0 aliphatic rings. The Morgan fingerprint density at radius 3 is 2.48 bits per heavy atom. The minimum Gasteiger partial charge on any atom is -0.489 e. The molecule has 0 heterocycles. The summed E-state index contributed by atoms with van der Waals surface area (Å²) in [6.07, 6.45) is -0.274. The second-order valence-electron chi connectivity index (χ2n) is 4.57. The molecule has 0 radical (unpaired) electrons. The van der Waals surface area contributed by atoms with Crippen molar-refractivity contribution in [1.82, 2.24) is 5.43 Å². The Morgan fingerprint density at radius 2 is 1.81 bits per heavy atom. The lowest BCUT2D eigenvalue weighted by molar-refractivity contribution is 0.171. The maximum Gasteiger partial charge on any atom is 0.121 e. The zero-order chi connectivity index (χ0) is 15.4. The van der Waals surface area contributed by atoms with Crippen LogP contribution in [-0.2, 0) is 0 Å². The van der Waals surface area contributed by atoms with E-state index in [4.69, 9.17) is 45.4 Å². The number of ether oxygens (including phenoxy) is 1. The number of rotatable bonds is 5. The summed E-state index contributed by atoms with van der Waals surface area (Å²) in [6, 6.07) is 12.3. The third kappa shape index (κ3) is 4.02. The second-order valence-corrected chi connectivity index (χ2v) is 5.79. The van der Waals surface area contributed by atoms with Gasteiger partial charge in [-0.3, -0.25) is 5.84 Å². The van der Waals surface area contributed by atoms with Crippen molar-refractivity contribution in [2.75, 3.05) is 0 Å². The molecular formula is C15H15Cl3N2O. The van der Waals surface area contributed by atoms with Gasteiger partial charge < -0.3 is 4.74 Å². The molecule has 2 unspecified atom stereocenters. The Kier molecular flexibility index (Phi) is 5.73. The molecule has 3 nitrogen and oxygen atoms in total. The minimum absolute atomic E-state index is 0.274. The lowest BCUT2D eigenvalue weighted by atomic mass is 10.0. The maximum atomic E-state index is 6.23. The summed E-state index contributed by atoms with van der Waals surface area (Å²) in [4.78, 5) is 0. The van der Waals surface area contributed by atoms with Gasteiger partial charge in [0.05, 0.1) is 16.1 Å². The van der Waals surface area contributed by atoms with E-state index >= 15 is 0 Å². The van der Waals surface area contributed by atoms with E-state index in [0.29, 0.717) is 20.8 Å². The molecular weight excluding hydrogens is 331 g/mol. The van der Waals surface area contributed by atoms with Gasteiger partial charge in [0, 0.05) is 5.02 Å². The topological polar surface area (TPSA) is 47.3 Å². The molecule has 0 aliphatic heterocycles. The fourth-order valence-corrected chi connectivity index (χ4v) is 2.67. The molecule has 2 aromatic carbocycles. The van der Waals surface area contributed by atoms with Gasteiger partial charge in [0.2, 0.25) is 0 Å². The van der Waals surface area contributed by atoms with Crippen LogP contribution >= 0.6 is 34.8 Å². The monoisotopic (exact) mass is 344 g/mol. The van der Waals surface area contributed by atoms with Crippen LogP contribution in [0.1, 0.15) is 18.5 Å². The van der Waals surface area contributed by atoms with Crippen LogP contribution in [0.25, 0.3) is 0 Å². The molecule has 2 atom stereocenters. The zero-order valence-electron chi connectivity index (χ0n) is 11.3. The van der Waals surface area contributed by atoms with Crippen LogP contribution in [0.4, 0.5) is 0 Å². The van der Waals surface area contributed by atoms with Crippen LogP contribution in [0.3, 0.4) is 0 Å². The van der Waals surface area contributed by atoms with E-state index in [2.05, 4.69) is 5.43 Å². The minimum atomic E-state index is -0.310. The smallest absolute Gasteiger partial charge is 0.121 e. The first-order valence-electron chi connectivity index (χ1n) is 6.35. The van der Waals surface area contributed by atoms with Crippen molar-refractivity contribution in [1.29, 1.82) is 0 Å². The average Bonchev–Trinajstić information content (AvgIpc) is 2.44. The van der Waals surface area contributed by atoms with Crippen molar-refractivity contribution < 1.29 is 4.74 Å². The SMILES string of the molecule is CC(Oc1cccc(Cl)c1)C(NN)c1cccc(Cl)c1Cl. The second kappa shape index (κ2) is 7.34. The van der Waals surface area contributed by atoms with Crippen molar-refractivity contribution in [2.24, 2.45) is 5.84 Å². The van der Waals surface area contributed by atoms with Crippen molar-refractivity contribution in [3.05, 3.63) is 63.1 Å². The fraction of sp³-hybridized carbons (Fsp3) is 0.200. The van der Waals surface area contributed by atoms with Gasteiger partial charge in [-0.2, -0.15) is 0 Å². The highest BCUT2D eigenvalue weighted by molar-refractivity contribution is 6.42. The summed E-state index contributed by atoms with van der Waals surface area (Å²) < 4.78 is 5.87. The number of nitrogens with one attached hydrogen (secondary N) is 1. The van der Waals surface area contributed by atoms with Gasteiger partial charge >= 0.3 is 0 Å². The van der Waals surface area contributed by atoms with Gasteiger partial charge in [0.15, 0.2) is 0 Å². The lowest BCUT2D eigenvalue weighted by Crippen LogP contribution is -2.38. The summed E-state index contributed by atoms with van der Waals surface area (Å²) in [7, 11) is 0. The first-order chi connectivity index (χ1) is 10.0. The zero-order valence-corrected chi connectivity index (χ0v) is 13.6. The maximum absolute atomic E-state index is 6.23. The van der Waals surface area contributed by atoms with Gasteiger partial charge in [0.25, 0.3) is 0 Å². The Morgan fingerprint density at radius 1 is 1.10 bits per heavy atom. The first kappa shape index (κ1) is 16.4. The molecule has 2 rings (SSSR count). The van der Waals surface area contributed by atoms with E-state index in [0.717, 1.165) is 5.56 Å². The molecule has 112 valence electrons. The van der Waals surface area contributed by atoms with Gasteiger partial charge in [-0.25, -0.2) is 5.43 Å². The summed E-state index contributed by atoms with van der Waals surface area (Å²) in [5.74, 6) is 6.31. The molecule has 0 aliphatic carbocycles. The van der Waals surface area contributed by atoms with E-state index in [1.165, 1.54) is 0 Å². The number of halogens is 3. The van der Waals surface area contributed by atoms with E-state index in [1.54, 1.807) is 18.2 Å². The molecule has 2 aromatic rings. The van der Waals surface area contributed by atoms with Crippen LogP contribution in [0.15, 0.2) is 42.5 Å². The number of nitrogens with two attached hydrogens (primary N) is 1. The Hall–Kier alpha value is -0.970. The van der Waals surface area contributed by atoms with Crippen molar-refractivity contribution >= 4 is 34.8 Å². The van der Waals surface area contributed by atoms with E-state index in [1.807, 2.05) is 31.2 Å². The summed E-state index contributed by atoms with van der Waals surface area (Å²) in [6.45, 7) is 1.89. The van der Waals surface area contributed by atoms with Crippen LogP contribution in [0.2, 0.25) is 15.1 Å². The summed E-state index contributed by atoms with van der Waals surface area (Å²) in [5, 5.41) is 1.55. The van der Waals surface area contributed by atoms with Crippen molar-refractivity contribution in [3.8, 4) is 5.75 Å². The van der Waals surface area contributed by atoms with E-state index in [-0.39, 0.29) is 12.1 Å². The summed E-state index contributed by atoms with van der Waals surface area (Å²) in [5.41, 5.74) is 3.50. The quantitative estimate of drug-likeness (QED) is 0.614. The molecule has 0 saturated carbocycles. The normalized spacial score (nSPS) is 13.8. The molecule has 0 amide bonds. The average molecular weight is 346 g/mol. The van der Waals surface area contributed by atoms with Crippen LogP contribution in [0.5, 0.6) is 5.75 Å². The van der Waals surface area contributed by atoms with E-state index in [9.17, 15) is 0 Å². The van der Waals surface area contributed by atoms with Gasteiger partial charge in [0.1, 0.15) is 11.9 Å². The molecule has 0 fully saturated rings. The van der Waals surface area contributed by atoms with Gasteiger partial charge in [-0.05, 0) is 36.8 Å². The Bertz CT molecular complexity index is 622. The highest BCUT2D eigenvalue weighted by Gasteiger charge is 2.23. The molecule has 0 aromatic heterocycles. The molecule has 0 bridgehead atoms. The van der Waals surface area contributed by atoms with Crippen LogP contribution in [-0.4, -0.2) is 6.10 Å². The van der Waals surface area contributed by atoms with Gasteiger partial charge in [-0.1, -0.05) is 53.0 Å². The van der Waals surface area contributed by atoms with Gasteiger partial charge in [-0.15, -0.1) is 0 Å². The number of benzene rings is 2. The molecule has 21 heavy (non-hydrogen) atoms. The first-order valence-corrected chi connectivity index (χ1v) is 7.48. The predicted octanol–water partition coefficient (Wildman–Crippen LogP) is 4.62. The number of hydrogen-bond donors (Lipinski definition) is 2. The molecule has 3 N–H and O–H groups in total. The lowest BCUT2D eigenvalue weighted by Gasteiger charge is -2.25. The largest absolute Gasteiger partial charge is 0.489 e.